The van der Waals surface area contributed by atoms with Gasteiger partial charge in [0, 0.05) is 31.2 Å². The Labute approximate surface area is 219 Å². The van der Waals surface area contributed by atoms with Crippen molar-refractivity contribution in [3.8, 4) is 0 Å². The van der Waals surface area contributed by atoms with Gasteiger partial charge < -0.3 is 14.6 Å². The maximum atomic E-state index is 14.1. The highest BCUT2D eigenvalue weighted by molar-refractivity contribution is 5.81. The first-order valence-corrected chi connectivity index (χ1v) is 14.7. The number of piperidine rings is 1. The molecule has 200 valence electrons. The summed E-state index contributed by atoms with van der Waals surface area (Å²) in [4.78, 5) is 35.0. The number of carbonyl (C=O) groups is 1. The molecule has 4 fully saturated rings. The van der Waals surface area contributed by atoms with Crippen LogP contribution in [0.5, 0.6) is 0 Å². The third kappa shape index (κ3) is 4.37. The van der Waals surface area contributed by atoms with Gasteiger partial charge in [0.1, 0.15) is 6.04 Å². The molecule has 7 nitrogen and oxygen atoms in total. The van der Waals surface area contributed by atoms with Crippen LogP contribution in [-0.2, 0) is 4.79 Å². The molecule has 2 saturated carbocycles. The molecule has 2 aliphatic heterocycles. The van der Waals surface area contributed by atoms with Crippen LogP contribution in [0.1, 0.15) is 84.1 Å². The molecule has 2 bridgehead atoms. The van der Waals surface area contributed by atoms with E-state index in [0.717, 1.165) is 42.3 Å². The minimum absolute atomic E-state index is 0.0887. The van der Waals surface area contributed by atoms with Crippen molar-refractivity contribution in [1.82, 2.24) is 14.5 Å². The molecule has 6 rings (SSSR count). The van der Waals surface area contributed by atoms with E-state index in [-0.39, 0.29) is 11.6 Å². The van der Waals surface area contributed by atoms with Crippen LogP contribution in [-0.4, -0.2) is 56.7 Å². The van der Waals surface area contributed by atoms with Gasteiger partial charge in [-0.3, -0.25) is 9.69 Å². The van der Waals surface area contributed by atoms with Crippen LogP contribution >= 0.6 is 0 Å². The number of anilines is 1. The first kappa shape index (κ1) is 24.9. The van der Waals surface area contributed by atoms with Gasteiger partial charge in [0.25, 0.3) is 5.56 Å². The number of benzene rings is 1. The Kier molecular flexibility index (Phi) is 6.76. The van der Waals surface area contributed by atoms with Gasteiger partial charge in [0.15, 0.2) is 5.82 Å². The molecule has 1 aromatic heterocycles. The largest absolute Gasteiger partial charge is 0.480 e. The van der Waals surface area contributed by atoms with Crippen LogP contribution in [0, 0.1) is 17.8 Å². The van der Waals surface area contributed by atoms with Gasteiger partial charge in [0.2, 0.25) is 0 Å². The van der Waals surface area contributed by atoms with Crippen LogP contribution in [0.3, 0.4) is 0 Å². The molecule has 4 aliphatic rings. The van der Waals surface area contributed by atoms with Crippen molar-refractivity contribution in [2.24, 2.45) is 17.8 Å². The number of likely N-dealkylation sites (tertiary alicyclic amines) is 1. The average Bonchev–Trinajstić information content (AvgIpc) is 3.02. The summed E-state index contributed by atoms with van der Waals surface area (Å²) in [5.41, 5.74) is 1.52. The Bertz CT molecular complexity index is 1200. The van der Waals surface area contributed by atoms with E-state index in [1.165, 1.54) is 44.9 Å². The Hall–Kier alpha value is -2.41. The molecule has 0 spiro atoms. The smallest absolute Gasteiger partial charge is 0.326 e. The van der Waals surface area contributed by atoms with Crippen molar-refractivity contribution in [3.63, 3.8) is 0 Å². The van der Waals surface area contributed by atoms with E-state index in [9.17, 15) is 14.7 Å². The average molecular weight is 507 g/mol. The number of hydrogen-bond donors (Lipinski definition) is 1. The minimum atomic E-state index is -0.881. The van der Waals surface area contributed by atoms with E-state index in [1.807, 2.05) is 28.8 Å². The summed E-state index contributed by atoms with van der Waals surface area (Å²) in [7, 11) is 0. The molecular formula is C30H42N4O3. The Morgan fingerprint density at radius 1 is 1.03 bits per heavy atom. The molecule has 7 heteroatoms. The minimum Gasteiger partial charge on any atom is -0.480 e. The van der Waals surface area contributed by atoms with Gasteiger partial charge in [-0.15, -0.1) is 0 Å². The quantitative estimate of drug-likeness (QED) is 0.609. The summed E-state index contributed by atoms with van der Waals surface area (Å²) in [5.74, 6) is 1.57. The fourth-order valence-corrected chi connectivity index (χ4v) is 8.41. The first-order chi connectivity index (χ1) is 18.0. The van der Waals surface area contributed by atoms with Crippen molar-refractivity contribution in [1.29, 1.82) is 0 Å². The zero-order chi connectivity index (χ0) is 25.7. The van der Waals surface area contributed by atoms with Gasteiger partial charge in [0.05, 0.1) is 11.0 Å². The monoisotopic (exact) mass is 506 g/mol. The lowest BCUT2D eigenvalue weighted by Crippen LogP contribution is -2.56. The lowest BCUT2D eigenvalue weighted by molar-refractivity contribution is -0.140. The highest BCUT2D eigenvalue weighted by Crippen LogP contribution is 2.44. The molecule has 2 saturated heterocycles. The molecular weight excluding hydrogens is 464 g/mol. The van der Waals surface area contributed by atoms with E-state index in [1.54, 1.807) is 4.90 Å². The fourth-order valence-electron chi connectivity index (χ4n) is 8.41. The first-order valence-electron chi connectivity index (χ1n) is 14.7. The van der Waals surface area contributed by atoms with Gasteiger partial charge in [-0.2, -0.15) is 0 Å². The number of nitrogens with zero attached hydrogens (tertiary/aromatic N) is 4. The molecule has 3 unspecified atom stereocenters. The predicted octanol–water partition coefficient (Wildman–Crippen LogP) is 5.08. The molecule has 2 aromatic rings. The number of hydrogen-bond acceptors (Lipinski definition) is 5. The molecule has 0 amide bonds. The van der Waals surface area contributed by atoms with Crippen molar-refractivity contribution in [3.05, 3.63) is 34.6 Å². The SMILES string of the molecule is CCC1C(C)N(C2C[C@H]3CCCC[C@@H](C2)C3)CC[C@@H]1n1c(=O)c(N2CC[C@H]2C(=O)O)nc2ccccc21. The van der Waals surface area contributed by atoms with Crippen LogP contribution in [0.25, 0.3) is 11.0 Å². The number of carboxylic acid groups (broad SMARTS) is 1. The molecule has 0 radical (unpaired) electrons. The summed E-state index contributed by atoms with van der Waals surface area (Å²) in [6.45, 7) is 6.24. The Balaban J connectivity index is 1.34. The Morgan fingerprint density at radius 2 is 1.76 bits per heavy atom. The highest BCUT2D eigenvalue weighted by Gasteiger charge is 2.43. The number of fused-ring (bicyclic) bond motifs is 3. The molecule has 1 N–H and O–H groups in total. The summed E-state index contributed by atoms with van der Waals surface area (Å²) >= 11 is 0. The lowest BCUT2D eigenvalue weighted by atomic mass is 9.74. The summed E-state index contributed by atoms with van der Waals surface area (Å²) in [5, 5.41) is 9.65. The number of aromatic nitrogens is 2. The second-order valence-electron chi connectivity index (χ2n) is 12.2. The van der Waals surface area contributed by atoms with E-state index in [2.05, 4.69) is 18.7 Å². The van der Waals surface area contributed by atoms with Gasteiger partial charge in [-0.25, -0.2) is 9.78 Å². The Morgan fingerprint density at radius 3 is 2.41 bits per heavy atom. The van der Waals surface area contributed by atoms with Crippen molar-refractivity contribution in [2.45, 2.75) is 102 Å². The van der Waals surface area contributed by atoms with E-state index >= 15 is 0 Å². The third-order valence-electron chi connectivity index (χ3n) is 10.3. The number of rotatable bonds is 5. The zero-order valence-electron chi connectivity index (χ0n) is 22.4. The molecule has 1 aromatic carbocycles. The third-order valence-corrected chi connectivity index (χ3v) is 10.3. The molecule has 37 heavy (non-hydrogen) atoms. The summed E-state index contributed by atoms with van der Waals surface area (Å²) in [6.07, 6.45) is 12.3. The topological polar surface area (TPSA) is 78.7 Å². The second kappa shape index (κ2) is 10.0. The van der Waals surface area contributed by atoms with Crippen LogP contribution in [0.2, 0.25) is 0 Å². The maximum Gasteiger partial charge on any atom is 0.326 e. The predicted molar refractivity (Wildman–Crippen MR) is 146 cm³/mol. The number of para-hydroxylation sites is 2. The van der Waals surface area contributed by atoms with Crippen molar-refractivity contribution < 1.29 is 9.90 Å². The number of carboxylic acids is 1. The van der Waals surface area contributed by atoms with Crippen LogP contribution in [0.15, 0.2) is 29.1 Å². The fraction of sp³-hybridized carbons (Fsp3) is 0.700. The second-order valence-corrected chi connectivity index (χ2v) is 12.2. The summed E-state index contributed by atoms with van der Waals surface area (Å²) in [6, 6.07) is 8.40. The van der Waals surface area contributed by atoms with Crippen molar-refractivity contribution >= 4 is 22.8 Å². The highest BCUT2D eigenvalue weighted by atomic mass is 16.4. The van der Waals surface area contributed by atoms with Gasteiger partial charge >= 0.3 is 5.97 Å². The summed E-state index contributed by atoms with van der Waals surface area (Å²) < 4.78 is 2.00. The molecule has 7 atom stereocenters. The zero-order valence-corrected chi connectivity index (χ0v) is 22.4. The van der Waals surface area contributed by atoms with E-state index < -0.39 is 12.0 Å². The molecule has 2 aliphatic carbocycles. The van der Waals surface area contributed by atoms with Crippen molar-refractivity contribution in [2.75, 3.05) is 18.0 Å². The van der Waals surface area contributed by atoms with Crippen LogP contribution in [0.4, 0.5) is 5.82 Å². The molecule has 3 heterocycles. The van der Waals surface area contributed by atoms with Crippen LogP contribution < -0.4 is 10.5 Å². The van der Waals surface area contributed by atoms with E-state index in [4.69, 9.17) is 4.98 Å². The maximum absolute atomic E-state index is 14.1. The normalized spacial score (nSPS) is 34.6. The van der Waals surface area contributed by atoms with Gasteiger partial charge in [-0.1, -0.05) is 44.7 Å². The number of aliphatic carboxylic acids is 1. The lowest BCUT2D eigenvalue weighted by Gasteiger charge is -2.50. The standard InChI is InChI=1S/C30H42N4O3/c1-3-23-19(2)32(22-17-20-8-4-5-9-21(16-20)18-22)14-12-25(23)34-26-11-7-6-10-24(26)31-28(29(34)35)33-15-13-27(33)30(36)37/h6-7,10-11,19-23,25,27H,3-5,8-9,12-18H2,1-2H3,(H,36,37)/t19?,20-,21+,22?,23?,25-,27-/m0/s1. The van der Waals surface area contributed by atoms with E-state index in [0.29, 0.717) is 36.8 Å². The van der Waals surface area contributed by atoms with Gasteiger partial charge in [-0.05, 0) is 75.3 Å².